The summed E-state index contributed by atoms with van der Waals surface area (Å²) in [7, 11) is 5.99. The summed E-state index contributed by atoms with van der Waals surface area (Å²) in [6, 6.07) is 6.85. The Balaban J connectivity index is 2.53. The molecule has 2 aromatic carbocycles. The molecule has 0 bridgehead atoms. The Hall–Kier alpha value is -3.69. The monoisotopic (exact) mass is 373 g/mol. The maximum atomic E-state index is 12.4. The summed E-state index contributed by atoms with van der Waals surface area (Å²) >= 11 is 0. The lowest BCUT2D eigenvalue weighted by atomic mass is 10.1. The number of hydrogen-bond acceptors (Lipinski definition) is 8. The van der Waals surface area contributed by atoms with Crippen molar-refractivity contribution in [1.82, 2.24) is 4.90 Å². The van der Waals surface area contributed by atoms with Crippen molar-refractivity contribution in [3.63, 3.8) is 0 Å². The van der Waals surface area contributed by atoms with Gasteiger partial charge in [0.15, 0.2) is 0 Å². The minimum Gasteiger partial charge on any atom is -0.495 e. The molecule has 0 saturated heterocycles. The molecule has 10 nitrogen and oxygen atoms in total. The number of rotatable bonds is 6. The molecule has 0 unspecified atom stereocenters. The molecule has 2 aromatic rings. The summed E-state index contributed by atoms with van der Waals surface area (Å²) in [5.74, 6) is 0.312. The van der Waals surface area contributed by atoms with Crippen LogP contribution >= 0.6 is 0 Å². The standard InChI is InChI=1S/C17H19N5O5/c1-21(2)17(23)11-7-10(22(24)25)5-6-13(11)19-20-14-9-15(26-3)12(18)8-16(14)27-4/h5-9H,18H2,1-4H3. The molecular weight excluding hydrogens is 354 g/mol. The van der Waals surface area contributed by atoms with Crippen LogP contribution in [0, 0.1) is 10.1 Å². The smallest absolute Gasteiger partial charge is 0.270 e. The summed E-state index contributed by atoms with van der Waals surface area (Å²) in [5, 5.41) is 19.2. The molecule has 0 heterocycles. The number of methoxy groups -OCH3 is 2. The summed E-state index contributed by atoms with van der Waals surface area (Å²) in [6.07, 6.45) is 0. The number of nitrogen functional groups attached to an aromatic ring is 1. The van der Waals surface area contributed by atoms with E-state index in [9.17, 15) is 14.9 Å². The van der Waals surface area contributed by atoms with Crippen molar-refractivity contribution in [2.75, 3.05) is 34.0 Å². The van der Waals surface area contributed by atoms with E-state index in [1.165, 1.54) is 57.5 Å². The van der Waals surface area contributed by atoms with Gasteiger partial charge >= 0.3 is 0 Å². The van der Waals surface area contributed by atoms with Crippen molar-refractivity contribution in [3.8, 4) is 11.5 Å². The van der Waals surface area contributed by atoms with Gasteiger partial charge in [0.2, 0.25) is 0 Å². The van der Waals surface area contributed by atoms with Gasteiger partial charge < -0.3 is 20.1 Å². The lowest BCUT2D eigenvalue weighted by Crippen LogP contribution is -2.21. The molecule has 0 aromatic heterocycles. The van der Waals surface area contributed by atoms with Gasteiger partial charge in [-0.05, 0) is 6.07 Å². The van der Waals surface area contributed by atoms with E-state index in [0.717, 1.165) is 6.07 Å². The predicted molar refractivity (Wildman–Crippen MR) is 99.2 cm³/mol. The second-order valence-corrected chi connectivity index (χ2v) is 5.62. The molecule has 0 aliphatic carbocycles. The fourth-order valence-electron chi connectivity index (χ4n) is 2.23. The van der Waals surface area contributed by atoms with Crippen LogP contribution in [0.5, 0.6) is 11.5 Å². The van der Waals surface area contributed by atoms with Crippen molar-refractivity contribution in [3.05, 3.63) is 46.0 Å². The average Bonchev–Trinajstić information content (AvgIpc) is 2.65. The van der Waals surface area contributed by atoms with Gasteiger partial charge in [-0.15, -0.1) is 10.2 Å². The quantitative estimate of drug-likeness (QED) is 0.357. The molecular formula is C17H19N5O5. The molecule has 2 rings (SSSR count). The maximum absolute atomic E-state index is 12.4. The van der Waals surface area contributed by atoms with Gasteiger partial charge in [0, 0.05) is 38.4 Å². The SMILES string of the molecule is COc1cc(N=Nc2ccc([N+](=O)[O-])cc2C(=O)N(C)C)c(OC)cc1N. The van der Waals surface area contributed by atoms with Gasteiger partial charge in [-0.1, -0.05) is 0 Å². The molecule has 0 saturated carbocycles. The highest BCUT2D eigenvalue weighted by atomic mass is 16.6. The third-order valence-electron chi connectivity index (χ3n) is 3.62. The number of nitrogens with two attached hydrogens (primary N) is 1. The molecule has 0 radical (unpaired) electrons. The molecule has 2 N–H and O–H groups in total. The second-order valence-electron chi connectivity index (χ2n) is 5.62. The summed E-state index contributed by atoms with van der Waals surface area (Å²) < 4.78 is 10.4. The van der Waals surface area contributed by atoms with Crippen molar-refractivity contribution >= 4 is 28.7 Å². The number of nitrogens with zero attached hydrogens (tertiary/aromatic N) is 4. The van der Waals surface area contributed by atoms with Gasteiger partial charge in [0.1, 0.15) is 17.2 Å². The summed E-state index contributed by atoms with van der Waals surface area (Å²) in [4.78, 5) is 24.1. The summed E-state index contributed by atoms with van der Waals surface area (Å²) in [6.45, 7) is 0. The zero-order valence-electron chi connectivity index (χ0n) is 15.3. The Bertz CT molecular complexity index is 911. The van der Waals surface area contributed by atoms with E-state index in [1.807, 2.05) is 0 Å². The number of carbonyl (C=O) groups excluding carboxylic acids is 1. The van der Waals surface area contributed by atoms with Gasteiger partial charge in [0.05, 0.1) is 36.1 Å². The van der Waals surface area contributed by atoms with Crippen LogP contribution in [-0.4, -0.2) is 44.0 Å². The fourth-order valence-corrected chi connectivity index (χ4v) is 2.23. The predicted octanol–water partition coefficient (Wildman–Crippen LogP) is 3.31. The first-order valence-corrected chi connectivity index (χ1v) is 7.71. The second kappa shape index (κ2) is 8.13. The normalized spacial score (nSPS) is 10.7. The Morgan fingerprint density at radius 3 is 2.26 bits per heavy atom. The van der Waals surface area contributed by atoms with Crippen LogP contribution < -0.4 is 15.2 Å². The van der Waals surface area contributed by atoms with Gasteiger partial charge in [-0.25, -0.2) is 0 Å². The molecule has 0 fully saturated rings. The molecule has 27 heavy (non-hydrogen) atoms. The number of amides is 1. The number of azo groups is 1. The van der Waals surface area contributed by atoms with E-state index in [-0.39, 0.29) is 16.9 Å². The number of ether oxygens (including phenoxy) is 2. The first-order chi connectivity index (χ1) is 12.8. The van der Waals surface area contributed by atoms with Gasteiger partial charge in [-0.3, -0.25) is 14.9 Å². The first-order valence-electron chi connectivity index (χ1n) is 7.71. The number of nitro groups is 1. The van der Waals surface area contributed by atoms with Crippen molar-refractivity contribution in [2.24, 2.45) is 10.2 Å². The van der Waals surface area contributed by atoms with Crippen LogP contribution in [0.3, 0.4) is 0 Å². The average molecular weight is 373 g/mol. The summed E-state index contributed by atoms with van der Waals surface area (Å²) in [5.41, 5.74) is 6.54. The van der Waals surface area contributed by atoms with E-state index in [1.54, 1.807) is 0 Å². The molecule has 10 heteroatoms. The van der Waals surface area contributed by atoms with Crippen molar-refractivity contribution < 1.29 is 19.2 Å². The van der Waals surface area contributed by atoms with E-state index in [0.29, 0.717) is 22.9 Å². The molecule has 0 aliphatic rings. The van der Waals surface area contributed by atoms with Crippen molar-refractivity contribution in [1.29, 1.82) is 0 Å². The molecule has 142 valence electrons. The number of hydrogen-bond donors (Lipinski definition) is 1. The molecule has 0 atom stereocenters. The number of benzene rings is 2. The zero-order chi connectivity index (χ0) is 20.1. The Labute approximate surface area is 155 Å². The van der Waals surface area contributed by atoms with Crippen LogP contribution in [0.1, 0.15) is 10.4 Å². The number of anilines is 1. The van der Waals surface area contributed by atoms with Crippen LogP contribution in [0.15, 0.2) is 40.6 Å². The minimum absolute atomic E-state index is 0.0549. The highest BCUT2D eigenvalue weighted by Gasteiger charge is 2.18. The van der Waals surface area contributed by atoms with E-state index in [2.05, 4.69) is 10.2 Å². The Morgan fingerprint density at radius 2 is 1.70 bits per heavy atom. The van der Waals surface area contributed by atoms with E-state index < -0.39 is 10.8 Å². The Morgan fingerprint density at radius 1 is 1.07 bits per heavy atom. The van der Waals surface area contributed by atoms with Crippen molar-refractivity contribution in [2.45, 2.75) is 0 Å². The first kappa shape index (κ1) is 19.6. The fraction of sp³-hybridized carbons (Fsp3) is 0.235. The third kappa shape index (κ3) is 4.29. The van der Waals surface area contributed by atoms with Crippen LogP contribution in [0.2, 0.25) is 0 Å². The number of carbonyl (C=O) groups is 1. The Kier molecular flexibility index (Phi) is 5.91. The molecule has 1 amide bonds. The largest absolute Gasteiger partial charge is 0.495 e. The molecule has 0 aliphatic heterocycles. The minimum atomic E-state index is -0.582. The molecule has 0 spiro atoms. The number of non-ortho nitro benzene ring substituents is 1. The van der Waals surface area contributed by atoms with Crippen LogP contribution in [0.25, 0.3) is 0 Å². The van der Waals surface area contributed by atoms with Gasteiger partial charge in [0.25, 0.3) is 11.6 Å². The highest BCUT2D eigenvalue weighted by molar-refractivity contribution is 5.99. The third-order valence-corrected chi connectivity index (χ3v) is 3.62. The zero-order valence-corrected chi connectivity index (χ0v) is 15.3. The lowest BCUT2D eigenvalue weighted by molar-refractivity contribution is -0.384. The highest BCUT2D eigenvalue weighted by Crippen LogP contribution is 2.37. The van der Waals surface area contributed by atoms with Crippen LogP contribution in [0.4, 0.5) is 22.7 Å². The van der Waals surface area contributed by atoms with E-state index in [4.69, 9.17) is 15.2 Å². The van der Waals surface area contributed by atoms with Crippen LogP contribution in [-0.2, 0) is 0 Å². The van der Waals surface area contributed by atoms with E-state index >= 15 is 0 Å². The van der Waals surface area contributed by atoms with Gasteiger partial charge in [-0.2, -0.15) is 0 Å². The number of nitro benzene ring substituents is 1. The maximum Gasteiger partial charge on any atom is 0.270 e. The topological polar surface area (TPSA) is 133 Å². The lowest BCUT2D eigenvalue weighted by Gasteiger charge is -2.12.